The van der Waals surface area contributed by atoms with Crippen molar-refractivity contribution in [3.05, 3.63) is 65.7 Å². The number of nitriles is 1. The maximum Gasteiger partial charge on any atom is 0.344 e. The number of carbonyl (C=O) groups excluding carboxylic acids is 2. The van der Waals surface area contributed by atoms with Gasteiger partial charge in [-0.05, 0) is 55.0 Å². The number of esters is 1. The zero-order chi connectivity index (χ0) is 20.5. The Balaban J connectivity index is 1.34. The summed E-state index contributed by atoms with van der Waals surface area (Å²) in [5.74, 6) is 0.272. The Morgan fingerprint density at radius 1 is 1.00 bits per heavy atom. The zero-order valence-corrected chi connectivity index (χ0v) is 16.3. The van der Waals surface area contributed by atoms with Crippen molar-refractivity contribution in [2.24, 2.45) is 5.92 Å². The molecule has 0 spiro atoms. The largest absolute Gasteiger partial charge is 0.482 e. The van der Waals surface area contributed by atoms with Gasteiger partial charge in [0.15, 0.2) is 13.2 Å². The van der Waals surface area contributed by atoms with Gasteiger partial charge < -0.3 is 14.4 Å². The van der Waals surface area contributed by atoms with Gasteiger partial charge in [0.2, 0.25) is 0 Å². The van der Waals surface area contributed by atoms with Crippen LogP contribution in [0, 0.1) is 17.2 Å². The second kappa shape index (κ2) is 10.3. The molecule has 0 aromatic heterocycles. The summed E-state index contributed by atoms with van der Waals surface area (Å²) in [6.07, 6.45) is 2.94. The molecule has 0 atom stereocenters. The van der Waals surface area contributed by atoms with Gasteiger partial charge in [-0.15, -0.1) is 0 Å². The van der Waals surface area contributed by atoms with Crippen molar-refractivity contribution in [3.8, 4) is 11.8 Å². The van der Waals surface area contributed by atoms with Crippen LogP contribution in [0.25, 0.3) is 0 Å². The van der Waals surface area contributed by atoms with Gasteiger partial charge in [-0.1, -0.05) is 30.3 Å². The third kappa shape index (κ3) is 6.35. The van der Waals surface area contributed by atoms with Crippen LogP contribution in [0.3, 0.4) is 0 Å². The third-order valence-electron chi connectivity index (χ3n) is 5.03. The van der Waals surface area contributed by atoms with Gasteiger partial charge in [0.1, 0.15) is 5.75 Å². The van der Waals surface area contributed by atoms with E-state index in [2.05, 4.69) is 12.1 Å². The standard InChI is InChI=1S/C23H24N2O4/c24-15-20-6-8-21(9-7-20)28-17-23(27)29-16-22(26)25-12-10-19(11-13-25)14-18-4-2-1-3-5-18/h1-9,19H,10-14,16-17H2. The Morgan fingerprint density at radius 2 is 1.69 bits per heavy atom. The van der Waals surface area contributed by atoms with E-state index in [1.165, 1.54) is 5.56 Å². The van der Waals surface area contributed by atoms with Gasteiger partial charge in [0.25, 0.3) is 5.91 Å². The van der Waals surface area contributed by atoms with Crippen LogP contribution in [0.4, 0.5) is 0 Å². The van der Waals surface area contributed by atoms with Crippen LogP contribution in [-0.2, 0) is 20.7 Å². The molecule has 1 saturated heterocycles. The van der Waals surface area contributed by atoms with E-state index < -0.39 is 5.97 Å². The Labute approximate surface area is 170 Å². The minimum absolute atomic E-state index is 0.171. The molecule has 6 nitrogen and oxygen atoms in total. The predicted octanol–water partition coefficient (Wildman–Crippen LogP) is 2.96. The lowest BCUT2D eigenvalue weighted by Gasteiger charge is -2.32. The second-order valence-electron chi connectivity index (χ2n) is 7.10. The number of likely N-dealkylation sites (tertiary alicyclic amines) is 1. The van der Waals surface area contributed by atoms with Crippen LogP contribution in [0.5, 0.6) is 5.75 Å². The van der Waals surface area contributed by atoms with E-state index in [0.717, 1.165) is 19.3 Å². The number of piperidine rings is 1. The highest BCUT2D eigenvalue weighted by Crippen LogP contribution is 2.21. The van der Waals surface area contributed by atoms with E-state index >= 15 is 0 Å². The molecule has 6 heteroatoms. The Hall–Kier alpha value is -3.33. The fourth-order valence-corrected chi connectivity index (χ4v) is 3.38. The fourth-order valence-electron chi connectivity index (χ4n) is 3.38. The molecule has 2 aromatic carbocycles. The van der Waals surface area contributed by atoms with E-state index in [1.807, 2.05) is 24.3 Å². The molecule has 2 aromatic rings. The summed E-state index contributed by atoms with van der Waals surface area (Å²) < 4.78 is 10.3. The summed E-state index contributed by atoms with van der Waals surface area (Å²) in [5.41, 5.74) is 1.84. The molecule has 0 saturated carbocycles. The first-order valence-electron chi connectivity index (χ1n) is 9.74. The average Bonchev–Trinajstić information content (AvgIpc) is 2.77. The summed E-state index contributed by atoms with van der Waals surface area (Å²) >= 11 is 0. The molecule has 0 radical (unpaired) electrons. The summed E-state index contributed by atoms with van der Waals surface area (Å²) in [5, 5.41) is 8.76. The highest BCUT2D eigenvalue weighted by Gasteiger charge is 2.23. The van der Waals surface area contributed by atoms with Crippen LogP contribution in [-0.4, -0.2) is 43.1 Å². The van der Waals surface area contributed by atoms with Crippen molar-refractivity contribution in [2.45, 2.75) is 19.3 Å². The second-order valence-corrected chi connectivity index (χ2v) is 7.10. The Bertz CT molecular complexity index is 851. The average molecular weight is 392 g/mol. The number of hydrogen-bond acceptors (Lipinski definition) is 5. The number of rotatable bonds is 7. The normalized spacial score (nSPS) is 14.1. The number of carbonyl (C=O) groups is 2. The summed E-state index contributed by atoms with van der Waals surface area (Å²) in [6.45, 7) is 0.836. The number of benzene rings is 2. The Morgan fingerprint density at radius 3 is 2.34 bits per heavy atom. The molecule has 1 aliphatic rings. The molecule has 1 fully saturated rings. The molecular weight excluding hydrogens is 368 g/mol. The monoisotopic (exact) mass is 392 g/mol. The first-order valence-corrected chi connectivity index (χ1v) is 9.74. The SMILES string of the molecule is N#Cc1ccc(OCC(=O)OCC(=O)N2CCC(Cc3ccccc3)CC2)cc1. The van der Waals surface area contributed by atoms with Gasteiger partial charge in [-0.2, -0.15) is 5.26 Å². The molecule has 150 valence electrons. The molecule has 1 amide bonds. The minimum atomic E-state index is -0.596. The first kappa shape index (κ1) is 20.4. The van der Waals surface area contributed by atoms with Gasteiger partial charge in [-0.25, -0.2) is 4.79 Å². The van der Waals surface area contributed by atoms with Crippen LogP contribution in [0.15, 0.2) is 54.6 Å². The lowest BCUT2D eigenvalue weighted by Crippen LogP contribution is -2.41. The molecule has 0 aliphatic carbocycles. The zero-order valence-electron chi connectivity index (χ0n) is 16.3. The molecule has 0 bridgehead atoms. The van der Waals surface area contributed by atoms with Crippen LogP contribution in [0.1, 0.15) is 24.0 Å². The van der Waals surface area contributed by atoms with Gasteiger partial charge in [0, 0.05) is 13.1 Å². The fraction of sp³-hybridized carbons (Fsp3) is 0.348. The van der Waals surface area contributed by atoms with E-state index in [9.17, 15) is 9.59 Å². The van der Waals surface area contributed by atoms with Gasteiger partial charge in [0.05, 0.1) is 11.6 Å². The number of ether oxygens (including phenoxy) is 2. The van der Waals surface area contributed by atoms with E-state index in [1.54, 1.807) is 29.2 Å². The Kier molecular flexibility index (Phi) is 7.23. The lowest BCUT2D eigenvalue weighted by molar-refractivity contribution is -0.154. The molecule has 3 rings (SSSR count). The molecule has 1 heterocycles. The minimum Gasteiger partial charge on any atom is -0.482 e. The number of amides is 1. The third-order valence-corrected chi connectivity index (χ3v) is 5.03. The van der Waals surface area contributed by atoms with E-state index in [4.69, 9.17) is 14.7 Å². The number of hydrogen-bond donors (Lipinski definition) is 0. The van der Waals surface area contributed by atoms with Crippen molar-refractivity contribution in [1.82, 2.24) is 4.90 Å². The maximum atomic E-state index is 12.3. The molecule has 0 N–H and O–H groups in total. The molecule has 1 aliphatic heterocycles. The van der Waals surface area contributed by atoms with E-state index in [0.29, 0.717) is 30.3 Å². The highest BCUT2D eigenvalue weighted by molar-refractivity contribution is 5.81. The van der Waals surface area contributed by atoms with E-state index in [-0.39, 0.29) is 19.1 Å². The topological polar surface area (TPSA) is 79.6 Å². The van der Waals surface area contributed by atoms with Gasteiger partial charge >= 0.3 is 5.97 Å². The van der Waals surface area contributed by atoms with Crippen molar-refractivity contribution < 1.29 is 19.1 Å². The summed E-state index contributed by atoms with van der Waals surface area (Å²) in [7, 11) is 0. The first-order chi connectivity index (χ1) is 14.1. The lowest BCUT2D eigenvalue weighted by atomic mass is 9.90. The summed E-state index contributed by atoms with van der Waals surface area (Å²) in [6, 6.07) is 18.8. The quantitative estimate of drug-likeness (QED) is 0.677. The van der Waals surface area contributed by atoms with Crippen LogP contribution >= 0.6 is 0 Å². The van der Waals surface area contributed by atoms with Crippen molar-refractivity contribution in [1.29, 1.82) is 5.26 Å². The molecule has 0 unspecified atom stereocenters. The van der Waals surface area contributed by atoms with Crippen molar-refractivity contribution in [3.63, 3.8) is 0 Å². The van der Waals surface area contributed by atoms with Crippen LogP contribution < -0.4 is 4.74 Å². The molecular formula is C23H24N2O4. The van der Waals surface area contributed by atoms with Crippen LogP contribution in [0.2, 0.25) is 0 Å². The predicted molar refractivity (Wildman–Crippen MR) is 107 cm³/mol. The number of nitrogens with zero attached hydrogens (tertiary/aromatic N) is 2. The van der Waals surface area contributed by atoms with Crippen molar-refractivity contribution >= 4 is 11.9 Å². The smallest absolute Gasteiger partial charge is 0.344 e. The van der Waals surface area contributed by atoms with Gasteiger partial charge in [-0.3, -0.25) is 4.79 Å². The highest BCUT2D eigenvalue weighted by atomic mass is 16.6. The maximum absolute atomic E-state index is 12.3. The molecule has 29 heavy (non-hydrogen) atoms. The van der Waals surface area contributed by atoms with Crippen molar-refractivity contribution in [2.75, 3.05) is 26.3 Å². The summed E-state index contributed by atoms with van der Waals surface area (Å²) in [4.78, 5) is 25.9.